The summed E-state index contributed by atoms with van der Waals surface area (Å²) in [7, 11) is 0. The predicted octanol–water partition coefficient (Wildman–Crippen LogP) is 7.15. The zero-order valence-corrected chi connectivity index (χ0v) is 27.5. The minimum absolute atomic E-state index is 0.0976. The van der Waals surface area contributed by atoms with E-state index in [2.05, 4.69) is 29.7 Å². The van der Waals surface area contributed by atoms with Crippen molar-refractivity contribution in [3.63, 3.8) is 0 Å². The number of esters is 1. The fraction of sp³-hybridized carbons (Fsp3) is 0.853. The summed E-state index contributed by atoms with van der Waals surface area (Å²) < 4.78 is 16.7. The third-order valence-electron chi connectivity index (χ3n) is 7.59. The number of nitrogens with one attached hydrogen (secondary N) is 2. The monoisotopic (exact) mass is 594 g/mol. The van der Waals surface area contributed by atoms with Crippen LogP contribution in [0.25, 0.3) is 0 Å². The average molecular weight is 595 g/mol. The number of unbranched alkanes of at least 4 members (excludes halogenated alkanes) is 12. The summed E-state index contributed by atoms with van der Waals surface area (Å²) in [6.07, 6.45) is 22.4. The van der Waals surface area contributed by atoms with Crippen molar-refractivity contribution in [1.29, 1.82) is 0 Å². The molecule has 42 heavy (non-hydrogen) atoms. The van der Waals surface area contributed by atoms with Crippen molar-refractivity contribution in [2.75, 3.05) is 26.3 Å². The van der Waals surface area contributed by atoms with E-state index in [-0.39, 0.29) is 30.7 Å². The van der Waals surface area contributed by atoms with E-state index in [0.29, 0.717) is 32.6 Å². The maximum atomic E-state index is 12.6. The van der Waals surface area contributed by atoms with Gasteiger partial charge in [-0.3, -0.25) is 14.4 Å². The predicted molar refractivity (Wildman–Crippen MR) is 169 cm³/mol. The van der Waals surface area contributed by atoms with E-state index in [0.717, 1.165) is 19.3 Å². The van der Waals surface area contributed by atoms with E-state index in [1.807, 2.05) is 13.8 Å². The van der Waals surface area contributed by atoms with Gasteiger partial charge < -0.3 is 24.8 Å². The third-order valence-corrected chi connectivity index (χ3v) is 7.59. The molecule has 0 aromatic carbocycles. The van der Waals surface area contributed by atoms with E-state index < -0.39 is 17.3 Å². The molecule has 8 heteroatoms. The number of hydrogen-bond acceptors (Lipinski definition) is 6. The number of carbonyl (C=O) groups excluding carboxylic acids is 3. The molecule has 1 unspecified atom stereocenters. The van der Waals surface area contributed by atoms with Crippen molar-refractivity contribution >= 4 is 17.8 Å². The van der Waals surface area contributed by atoms with Gasteiger partial charge in [0.25, 0.3) is 0 Å². The van der Waals surface area contributed by atoms with E-state index in [1.165, 1.54) is 70.6 Å². The summed E-state index contributed by atoms with van der Waals surface area (Å²) in [4.78, 5) is 36.6. The summed E-state index contributed by atoms with van der Waals surface area (Å²) in [5.41, 5.74) is -0.459. The zero-order valence-electron chi connectivity index (χ0n) is 27.5. The SMILES string of the molecule is CCCCCCCC/C=C\CCCCCCCC(=O)NCCCCOC(=O)CCNC(=O)C1OC(C)(C)OCC1(C)C. The number of rotatable bonds is 24. The molecule has 1 aliphatic heterocycles. The van der Waals surface area contributed by atoms with E-state index in [4.69, 9.17) is 14.2 Å². The Morgan fingerprint density at radius 2 is 1.38 bits per heavy atom. The Kier molecular flexibility index (Phi) is 20.5. The van der Waals surface area contributed by atoms with Crippen molar-refractivity contribution in [1.82, 2.24) is 10.6 Å². The van der Waals surface area contributed by atoms with Gasteiger partial charge in [-0.1, -0.05) is 84.3 Å². The van der Waals surface area contributed by atoms with Crippen molar-refractivity contribution in [2.24, 2.45) is 5.41 Å². The Hall–Kier alpha value is -1.93. The number of hydrogen-bond donors (Lipinski definition) is 2. The van der Waals surface area contributed by atoms with Crippen molar-refractivity contribution < 1.29 is 28.6 Å². The van der Waals surface area contributed by atoms with Crippen LogP contribution in [0.15, 0.2) is 12.2 Å². The lowest BCUT2D eigenvalue weighted by atomic mass is 9.85. The molecule has 2 amide bonds. The van der Waals surface area contributed by atoms with Crippen molar-refractivity contribution in [2.45, 2.75) is 156 Å². The van der Waals surface area contributed by atoms with Gasteiger partial charge in [-0.15, -0.1) is 0 Å². The van der Waals surface area contributed by atoms with Crippen LogP contribution in [-0.2, 0) is 28.6 Å². The van der Waals surface area contributed by atoms with Crippen molar-refractivity contribution in [3.05, 3.63) is 12.2 Å². The number of allylic oxidation sites excluding steroid dienone is 2. The molecule has 1 aliphatic rings. The molecular weight excluding hydrogens is 532 g/mol. The summed E-state index contributed by atoms with van der Waals surface area (Å²) in [5, 5.41) is 5.73. The van der Waals surface area contributed by atoms with Crippen LogP contribution in [0.2, 0.25) is 0 Å². The Labute approximate surface area is 256 Å². The van der Waals surface area contributed by atoms with Crippen LogP contribution in [0.1, 0.15) is 144 Å². The summed E-state index contributed by atoms with van der Waals surface area (Å²) in [6, 6.07) is 0. The minimum atomic E-state index is -0.820. The fourth-order valence-corrected chi connectivity index (χ4v) is 4.86. The molecule has 0 aromatic heterocycles. The Morgan fingerprint density at radius 3 is 2.05 bits per heavy atom. The third kappa shape index (κ3) is 19.3. The molecule has 8 nitrogen and oxygen atoms in total. The maximum absolute atomic E-state index is 12.6. The van der Waals surface area contributed by atoms with Crippen LogP contribution in [-0.4, -0.2) is 56.0 Å². The van der Waals surface area contributed by atoms with Crippen LogP contribution in [0.5, 0.6) is 0 Å². The lowest BCUT2D eigenvalue weighted by Crippen LogP contribution is -2.56. The molecule has 1 fully saturated rings. The fourth-order valence-electron chi connectivity index (χ4n) is 4.86. The molecule has 0 aromatic rings. The van der Waals surface area contributed by atoms with Gasteiger partial charge in [-0.05, 0) is 58.8 Å². The highest BCUT2D eigenvalue weighted by Crippen LogP contribution is 2.34. The lowest BCUT2D eigenvalue weighted by Gasteiger charge is -2.44. The smallest absolute Gasteiger partial charge is 0.307 e. The first-order chi connectivity index (χ1) is 20.1. The average Bonchev–Trinajstić information content (AvgIpc) is 2.94. The number of carbonyl (C=O) groups is 3. The second-order valence-corrected chi connectivity index (χ2v) is 12.8. The molecule has 1 atom stereocenters. The van der Waals surface area contributed by atoms with Crippen LogP contribution >= 0.6 is 0 Å². The standard InChI is InChI=1S/C34H62N2O6/c1-6-7-8-9-10-11-12-13-14-15-16-17-18-19-20-23-29(37)35-25-21-22-27-40-30(38)24-26-36-32(39)31-33(2,3)28-41-34(4,5)42-31/h13-14,31H,6-12,15-28H2,1-5H3,(H,35,37)(H,36,39)/b14-13-. The lowest BCUT2D eigenvalue weighted by molar-refractivity contribution is -0.304. The Bertz CT molecular complexity index is 780. The van der Waals surface area contributed by atoms with E-state index in [1.54, 1.807) is 13.8 Å². The molecule has 0 saturated carbocycles. The quantitative estimate of drug-likeness (QED) is 0.0699. The van der Waals surface area contributed by atoms with Gasteiger partial charge in [-0.2, -0.15) is 0 Å². The molecule has 1 rings (SSSR count). The maximum Gasteiger partial charge on any atom is 0.307 e. The van der Waals surface area contributed by atoms with Gasteiger partial charge in [-0.25, -0.2) is 0 Å². The highest BCUT2D eigenvalue weighted by atomic mass is 16.7. The Morgan fingerprint density at radius 1 is 0.762 bits per heavy atom. The molecule has 2 N–H and O–H groups in total. The van der Waals surface area contributed by atoms with Crippen LogP contribution in [0.4, 0.5) is 0 Å². The van der Waals surface area contributed by atoms with Crippen LogP contribution in [0, 0.1) is 5.41 Å². The topological polar surface area (TPSA) is 103 Å². The highest BCUT2D eigenvalue weighted by Gasteiger charge is 2.45. The molecular formula is C34H62N2O6. The molecule has 0 spiro atoms. The van der Waals surface area contributed by atoms with Gasteiger partial charge in [0.1, 0.15) is 6.10 Å². The molecule has 0 bridgehead atoms. The number of amides is 2. The first-order valence-electron chi connectivity index (χ1n) is 16.7. The molecule has 0 aliphatic carbocycles. The zero-order chi connectivity index (χ0) is 31.1. The minimum Gasteiger partial charge on any atom is -0.466 e. The Balaban J connectivity index is 1.91. The summed E-state index contributed by atoms with van der Waals surface area (Å²) in [5.74, 6) is -1.32. The van der Waals surface area contributed by atoms with Crippen LogP contribution in [0.3, 0.4) is 0 Å². The van der Waals surface area contributed by atoms with Crippen LogP contribution < -0.4 is 10.6 Å². The van der Waals surface area contributed by atoms with Gasteiger partial charge in [0.2, 0.25) is 11.8 Å². The van der Waals surface area contributed by atoms with Gasteiger partial charge >= 0.3 is 5.97 Å². The largest absolute Gasteiger partial charge is 0.466 e. The second kappa shape index (κ2) is 22.6. The number of ether oxygens (including phenoxy) is 3. The van der Waals surface area contributed by atoms with Gasteiger partial charge in [0.05, 0.1) is 19.6 Å². The molecule has 1 heterocycles. The molecule has 1 saturated heterocycles. The molecule has 0 radical (unpaired) electrons. The first kappa shape index (κ1) is 38.1. The van der Waals surface area contributed by atoms with Crippen molar-refractivity contribution in [3.8, 4) is 0 Å². The van der Waals surface area contributed by atoms with Gasteiger partial charge in [0, 0.05) is 24.9 Å². The van der Waals surface area contributed by atoms with E-state index >= 15 is 0 Å². The summed E-state index contributed by atoms with van der Waals surface area (Å²) in [6.45, 7) is 11.2. The second-order valence-electron chi connectivity index (χ2n) is 12.8. The highest BCUT2D eigenvalue weighted by molar-refractivity contribution is 5.82. The summed E-state index contributed by atoms with van der Waals surface area (Å²) >= 11 is 0. The van der Waals surface area contributed by atoms with Gasteiger partial charge in [0.15, 0.2) is 5.79 Å². The molecule has 244 valence electrons. The first-order valence-corrected chi connectivity index (χ1v) is 16.7. The van der Waals surface area contributed by atoms with E-state index in [9.17, 15) is 14.4 Å². The normalized spacial score (nSPS) is 17.7.